The van der Waals surface area contributed by atoms with Crippen LogP contribution in [0.25, 0.3) is 0 Å². The minimum atomic E-state index is -0.254. The maximum absolute atomic E-state index is 10.8. The summed E-state index contributed by atoms with van der Waals surface area (Å²) in [5.74, 6) is 0.415. The molecule has 0 aliphatic heterocycles. The summed E-state index contributed by atoms with van der Waals surface area (Å²) in [5, 5.41) is 0. The van der Waals surface area contributed by atoms with Gasteiger partial charge in [0.2, 0.25) is 0 Å². The van der Waals surface area contributed by atoms with Crippen molar-refractivity contribution in [2.45, 2.75) is 58.8 Å². The molecule has 0 aliphatic rings. The average Bonchev–Trinajstić information content (AvgIpc) is 2.28. The van der Waals surface area contributed by atoms with Crippen molar-refractivity contribution in [3.63, 3.8) is 0 Å². The first-order chi connectivity index (χ1) is 7.70. The molecule has 0 saturated heterocycles. The van der Waals surface area contributed by atoms with Crippen molar-refractivity contribution in [1.82, 2.24) is 0 Å². The number of allylic oxidation sites excluding steroid dienone is 1. The second-order valence-corrected chi connectivity index (χ2v) is 4.47. The quantitative estimate of drug-likeness (QED) is 0.336. The maximum atomic E-state index is 10.8. The summed E-state index contributed by atoms with van der Waals surface area (Å²) in [6.07, 6.45) is 12.4. The molecule has 94 valence electrons. The van der Waals surface area contributed by atoms with Gasteiger partial charge >= 0.3 is 5.97 Å². The number of hydrogen-bond acceptors (Lipinski definition) is 2. The molecule has 0 aromatic rings. The number of rotatable bonds is 9. The molecule has 16 heavy (non-hydrogen) atoms. The normalized spacial score (nSPS) is 12.9. The molecule has 0 N–H and O–H groups in total. The summed E-state index contributed by atoms with van der Waals surface area (Å²) >= 11 is 0. The molecule has 0 aromatic heterocycles. The third kappa shape index (κ3) is 9.75. The fourth-order valence-corrected chi connectivity index (χ4v) is 1.68. The van der Waals surface area contributed by atoms with E-state index >= 15 is 0 Å². The van der Waals surface area contributed by atoms with Gasteiger partial charge in [0.15, 0.2) is 0 Å². The molecule has 0 radical (unpaired) electrons. The summed E-state index contributed by atoms with van der Waals surface area (Å²) in [4.78, 5) is 10.8. The van der Waals surface area contributed by atoms with E-state index in [4.69, 9.17) is 0 Å². The maximum Gasteiger partial charge on any atom is 0.330 e. The number of carbonyl (C=O) groups is 1. The number of hydrogen-bond donors (Lipinski definition) is 0. The Morgan fingerprint density at radius 1 is 1.25 bits per heavy atom. The third-order valence-electron chi connectivity index (χ3n) is 2.79. The van der Waals surface area contributed by atoms with Crippen LogP contribution in [0.15, 0.2) is 12.2 Å². The molecule has 0 aromatic carbocycles. The molecule has 0 amide bonds. The number of unbranched alkanes of at least 4 members (excludes halogenated alkanes) is 4. The summed E-state index contributed by atoms with van der Waals surface area (Å²) < 4.78 is 4.53. The number of esters is 1. The SMILES string of the molecule is CCCCCCC[C@@H](C)CC=CC(=O)OC. The van der Waals surface area contributed by atoms with E-state index in [-0.39, 0.29) is 5.97 Å². The predicted octanol–water partition coefficient (Wildman–Crippen LogP) is 4.10. The van der Waals surface area contributed by atoms with Crippen molar-refractivity contribution in [1.29, 1.82) is 0 Å². The minimum absolute atomic E-state index is 0.254. The molecule has 0 unspecified atom stereocenters. The van der Waals surface area contributed by atoms with Crippen LogP contribution < -0.4 is 0 Å². The van der Waals surface area contributed by atoms with Gasteiger partial charge in [-0.1, -0.05) is 58.4 Å². The fraction of sp³-hybridized carbons (Fsp3) is 0.786. The van der Waals surface area contributed by atoms with Crippen LogP contribution in [0.3, 0.4) is 0 Å². The first-order valence-electron chi connectivity index (χ1n) is 6.45. The van der Waals surface area contributed by atoms with E-state index in [1.165, 1.54) is 51.7 Å². The second-order valence-electron chi connectivity index (χ2n) is 4.47. The van der Waals surface area contributed by atoms with Crippen LogP contribution in [-0.4, -0.2) is 13.1 Å². The number of carbonyl (C=O) groups excluding carboxylic acids is 1. The Kier molecular flexibility index (Phi) is 10.2. The van der Waals surface area contributed by atoms with E-state index in [0.717, 1.165) is 6.42 Å². The van der Waals surface area contributed by atoms with E-state index in [2.05, 4.69) is 18.6 Å². The monoisotopic (exact) mass is 226 g/mol. The van der Waals surface area contributed by atoms with Crippen molar-refractivity contribution in [2.24, 2.45) is 5.92 Å². The van der Waals surface area contributed by atoms with Gasteiger partial charge in [-0.25, -0.2) is 4.79 Å². The summed E-state index contributed by atoms with van der Waals surface area (Å²) in [5.41, 5.74) is 0. The summed E-state index contributed by atoms with van der Waals surface area (Å²) in [6.45, 7) is 4.47. The standard InChI is InChI=1S/C14H26O2/c1-4-5-6-7-8-10-13(2)11-9-12-14(15)16-3/h9,12-13H,4-8,10-11H2,1-3H3/t13-/m1/s1. The zero-order chi connectivity index (χ0) is 12.2. The lowest BCUT2D eigenvalue weighted by molar-refractivity contribution is -0.134. The molecule has 0 heterocycles. The highest BCUT2D eigenvalue weighted by Gasteiger charge is 2.00. The van der Waals surface area contributed by atoms with Crippen LogP contribution in [0.4, 0.5) is 0 Å². The van der Waals surface area contributed by atoms with Crippen molar-refractivity contribution in [2.75, 3.05) is 7.11 Å². The Morgan fingerprint density at radius 3 is 2.56 bits per heavy atom. The fourth-order valence-electron chi connectivity index (χ4n) is 1.68. The van der Waals surface area contributed by atoms with Crippen LogP contribution in [0.2, 0.25) is 0 Å². The summed E-state index contributed by atoms with van der Waals surface area (Å²) in [7, 11) is 1.41. The predicted molar refractivity (Wildman–Crippen MR) is 68.3 cm³/mol. The zero-order valence-electron chi connectivity index (χ0n) is 11.0. The molecule has 0 rings (SSSR count). The topological polar surface area (TPSA) is 26.3 Å². The zero-order valence-corrected chi connectivity index (χ0v) is 11.0. The number of ether oxygens (including phenoxy) is 1. The molecule has 2 nitrogen and oxygen atoms in total. The van der Waals surface area contributed by atoms with Crippen LogP contribution in [0.1, 0.15) is 58.8 Å². The smallest absolute Gasteiger partial charge is 0.330 e. The summed E-state index contributed by atoms with van der Waals surface area (Å²) in [6, 6.07) is 0. The molecule has 0 spiro atoms. The molecular weight excluding hydrogens is 200 g/mol. The number of methoxy groups -OCH3 is 1. The Hall–Kier alpha value is -0.790. The van der Waals surface area contributed by atoms with E-state index < -0.39 is 0 Å². The Labute approximate surface area is 100 Å². The lowest BCUT2D eigenvalue weighted by Crippen LogP contribution is -1.96. The third-order valence-corrected chi connectivity index (χ3v) is 2.79. The van der Waals surface area contributed by atoms with Gasteiger partial charge in [0.05, 0.1) is 7.11 Å². The van der Waals surface area contributed by atoms with Gasteiger partial charge in [0.1, 0.15) is 0 Å². The lowest BCUT2D eigenvalue weighted by atomic mass is 9.99. The van der Waals surface area contributed by atoms with Crippen molar-refractivity contribution in [3.05, 3.63) is 12.2 Å². The van der Waals surface area contributed by atoms with E-state index in [1.54, 1.807) is 0 Å². The average molecular weight is 226 g/mol. The first-order valence-corrected chi connectivity index (χ1v) is 6.45. The van der Waals surface area contributed by atoms with Crippen LogP contribution in [0, 0.1) is 5.92 Å². The van der Waals surface area contributed by atoms with Gasteiger partial charge in [-0.05, 0) is 12.3 Å². The lowest BCUT2D eigenvalue weighted by Gasteiger charge is -2.07. The van der Waals surface area contributed by atoms with Gasteiger partial charge in [-0.3, -0.25) is 0 Å². The molecule has 2 heteroatoms. The molecule has 0 saturated carbocycles. The molecular formula is C14H26O2. The molecule has 0 aliphatic carbocycles. The first kappa shape index (κ1) is 15.2. The van der Waals surface area contributed by atoms with Gasteiger partial charge in [-0.15, -0.1) is 0 Å². The van der Waals surface area contributed by atoms with E-state index in [0.29, 0.717) is 5.92 Å². The van der Waals surface area contributed by atoms with Crippen molar-refractivity contribution in [3.8, 4) is 0 Å². The molecule has 0 bridgehead atoms. The molecule has 1 atom stereocenters. The van der Waals surface area contributed by atoms with Crippen molar-refractivity contribution >= 4 is 5.97 Å². The largest absolute Gasteiger partial charge is 0.466 e. The Bertz CT molecular complexity index is 197. The minimum Gasteiger partial charge on any atom is -0.466 e. The van der Waals surface area contributed by atoms with E-state index in [9.17, 15) is 4.79 Å². The van der Waals surface area contributed by atoms with Gasteiger partial charge in [0.25, 0.3) is 0 Å². The van der Waals surface area contributed by atoms with Crippen LogP contribution in [-0.2, 0) is 9.53 Å². The van der Waals surface area contributed by atoms with Crippen molar-refractivity contribution < 1.29 is 9.53 Å². The molecule has 0 fully saturated rings. The second kappa shape index (κ2) is 10.7. The van der Waals surface area contributed by atoms with Gasteiger partial charge < -0.3 is 4.74 Å². The highest BCUT2D eigenvalue weighted by molar-refractivity contribution is 5.81. The Balaban J connectivity index is 3.40. The highest BCUT2D eigenvalue weighted by Crippen LogP contribution is 2.14. The highest BCUT2D eigenvalue weighted by atomic mass is 16.5. The van der Waals surface area contributed by atoms with Crippen LogP contribution >= 0.6 is 0 Å². The van der Waals surface area contributed by atoms with E-state index in [1.807, 2.05) is 6.08 Å². The Morgan fingerprint density at radius 2 is 1.94 bits per heavy atom. The van der Waals surface area contributed by atoms with Crippen LogP contribution in [0.5, 0.6) is 0 Å². The van der Waals surface area contributed by atoms with Gasteiger partial charge in [0, 0.05) is 6.08 Å². The van der Waals surface area contributed by atoms with Gasteiger partial charge in [-0.2, -0.15) is 0 Å².